The first-order valence-electron chi connectivity index (χ1n) is 13.6. The fraction of sp³-hybridized carbons (Fsp3) is 0.567. The summed E-state index contributed by atoms with van der Waals surface area (Å²) in [6.07, 6.45) is 4.67. The average molecular weight is 540 g/mol. The molecule has 1 aromatic rings. The van der Waals surface area contributed by atoms with Gasteiger partial charge < -0.3 is 19.8 Å². The molecule has 38 heavy (non-hydrogen) atoms. The highest BCUT2D eigenvalue weighted by molar-refractivity contribution is 8.02. The number of hydrogen-bond acceptors (Lipinski definition) is 5. The second kappa shape index (κ2) is 10.9. The van der Waals surface area contributed by atoms with Crippen LogP contribution in [0.5, 0.6) is 0 Å². The summed E-state index contributed by atoms with van der Waals surface area (Å²) in [4.78, 5) is 47.9. The zero-order chi connectivity index (χ0) is 27.9. The Morgan fingerprint density at radius 2 is 1.84 bits per heavy atom. The molecule has 3 fully saturated rings. The van der Waals surface area contributed by atoms with Gasteiger partial charge in [-0.2, -0.15) is 0 Å². The lowest BCUT2D eigenvalue weighted by Crippen LogP contribution is -2.59. The summed E-state index contributed by atoms with van der Waals surface area (Å²) in [6.45, 7) is 16.1. The molecule has 3 saturated heterocycles. The van der Waals surface area contributed by atoms with Crippen molar-refractivity contribution in [3.63, 3.8) is 0 Å². The normalized spacial score (nSPS) is 30.2. The number of rotatable bonds is 10. The lowest BCUT2D eigenvalue weighted by molar-refractivity contribution is -0.145. The lowest BCUT2D eigenvalue weighted by Gasteiger charge is -2.42. The van der Waals surface area contributed by atoms with E-state index >= 15 is 0 Å². The van der Waals surface area contributed by atoms with Crippen LogP contribution in [0.4, 0.5) is 5.69 Å². The van der Waals surface area contributed by atoms with E-state index in [2.05, 4.69) is 20.1 Å². The molecule has 1 aromatic carbocycles. The highest BCUT2D eigenvalue weighted by Crippen LogP contribution is 2.69. The van der Waals surface area contributed by atoms with Crippen LogP contribution in [-0.2, 0) is 14.4 Å². The molecular formula is C30H41N3O4S. The Balaban J connectivity index is 1.88. The SMILES string of the molecule is C=CCN(C)C(=O)[C@@H]1[C@H]2C(=O)N([C@@H](CC)CO)C(C(=O)N(CC=C)c3c(C)cccc3C)C23S[C@@H]1CC3C. The van der Waals surface area contributed by atoms with Gasteiger partial charge in [-0.3, -0.25) is 14.4 Å². The molecule has 3 aliphatic heterocycles. The highest BCUT2D eigenvalue weighted by atomic mass is 32.2. The maximum atomic E-state index is 14.8. The zero-order valence-electron chi connectivity index (χ0n) is 23.2. The Morgan fingerprint density at radius 1 is 1.21 bits per heavy atom. The number of likely N-dealkylation sites (tertiary alicyclic amines) is 1. The average Bonchev–Trinajstić information content (AvgIpc) is 3.47. The van der Waals surface area contributed by atoms with E-state index in [4.69, 9.17) is 0 Å². The van der Waals surface area contributed by atoms with Crippen LogP contribution >= 0.6 is 11.8 Å². The second-order valence-corrected chi connectivity index (χ2v) is 12.6. The molecule has 8 heteroatoms. The lowest BCUT2D eigenvalue weighted by atomic mass is 9.65. The maximum Gasteiger partial charge on any atom is 0.251 e. The molecule has 7 nitrogen and oxygen atoms in total. The van der Waals surface area contributed by atoms with E-state index < -0.39 is 28.7 Å². The van der Waals surface area contributed by atoms with Gasteiger partial charge >= 0.3 is 0 Å². The van der Waals surface area contributed by atoms with E-state index in [0.29, 0.717) is 19.5 Å². The summed E-state index contributed by atoms with van der Waals surface area (Å²) < 4.78 is -0.743. The number of hydrogen-bond donors (Lipinski definition) is 1. The minimum Gasteiger partial charge on any atom is -0.394 e. The molecule has 0 saturated carbocycles. The molecule has 4 rings (SSSR count). The van der Waals surface area contributed by atoms with Crippen molar-refractivity contribution < 1.29 is 19.5 Å². The number of fused-ring (bicyclic) bond motifs is 1. The highest BCUT2D eigenvalue weighted by Gasteiger charge is 2.76. The van der Waals surface area contributed by atoms with E-state index in [-0.39, 0.29) is 35.5 Å². The summed E-state index contributed by atoms with van der Waals surface area (Å²) in [5, 5.41) is 10.3. The van der Waals surface area contributed by atoms with E-state index in [9.17, 15) is 19.5 Å². The minimum absolute atomic E-state index is 0.0292. The van der Waals surface area contributed by atoms with Crippen LogP contribution in [0.15, 0.2) is 43.5 Å². The number of benzene rings is 1. The summed E-state index contributed by atoms with van der Waals surface area (Å²) in [5.74, 6) is -1.48. The van der Waals surface area contributed by atoms with Gasteiger partial charge in [0.2, 0.25) is 11.8 Å². The molecule has 0 aliphatic carbocycles. The van der Waals surface area contributed by atoms with Gasteiger partial charge in [-0.15, -0.1) is 24.9 Å². The number of anilines is 1. The third-order valence-electron chi connectivity index (χ3n) is 8.84. The van der Waals surface area contributed by atoms with Crippen molar-refractivity contribution in [2.24, 2.45) is 17.8 Å². The van der Waals surface area contributed by atoms with Gasteiger partial charge in [-0.25, -0.2) is 0 Å². The Labute approximate surface area is 230 Å². The summed E-state index contributed by atoms with van der Waals surface area (Å²) in [6, 6.07) is 4.64. The van der Waals surface area contributed by atoms with E-state index in [1.807, 2.05) is 39.0 Å². The number of nitrogens with zero attached hydrogens (tertiary/aromatic N) is 3. The van der Waals surface area contributed by atoms with Crippen molar-refractivity contribution in [3.05, 3.63) is 54.6 Å². The molecule has 1 N–H and O–H groups in total. The monoisotopic (exact) mass is 539 g/mol. The molecule has 0 radical (unpaired) electrons. The fourth-order valence-corrected chi connectivity index (χ4v) is 9.56. The van der Waals surface area contributed by atoms with Crippen LogP contribution in [0.1, 0.15) is 37.8 Å². The number of thioether (sulfide) groups is 1. The number of amides is 3. The van der Waals surface area contributed by atoms with Crippen LogP contribution in [0.3, 0.4) is 0 Å². The number of carbonyl (C=O) groups excluding carboxylic acids is 3. The smallest absolute Gasteiger partial charge is 0.251 e. The third-order valence-corrected chi connectivity index (χ3v) is 10.9. The molecule has 206 valence electrons. The van der Waals surface area contributed by atoms with Gasteiger partial charge in [0.15, 0.2) is 0 Å². The van der Waals surface area contributed by atoms with Crippen LogP contribution in [0.25, 0.3) is 0 Å². The Bertz CT molecular complexity index is 1110. The van der Waals surface area contributed by atoms with Crippen molar-refractivity contribution in [1.29, 1.82) is 0 Å². The molecule has 3 heterocycles. The molecule has 3 amide bonds. The second-order valence-electron chi connectivity index (χ2n) is 11.0. The number of aliphatic hydroxyl groups excluding tert-OH is 1. The minimum atomic E-state index is -0.788. The third kappa shape index (κ3) is 4.11. The van der Waals surface area contributed by atoms with Gasteiger partial charge in [0, 0.05) is 31.1 Å². The van der Waals surface area contributed by atoms with Gasteiger partial charge in [-0.05, 0) is 43.7 Å². The topological polar surface area (TPSA) is 81.2 Å². The van der Waals surface area contributed by atoms with Crippen molar-refractivity contribution >= 4 is 35.2 Å². The molecule has 0 aromatic heterocycles. The number of likely N-dealkylation sites (N-methyl/N-ethyl adjacent to an activating group) is 1. The van der Waals surface area contributed by atoms with Gasteiger partial charge in [-0.1, -0.05) is 44.2 Å². The maximum absolute atomic E-state index is 14.8. The van der Waals surface area contributed by atoms with Crippen molar-refractivity contribution in [2.45, 2.75) is 62.6 Å². The largest absolute Gasteiger partial charge is 0.394 e. The van der Waals surface area contributed by atoms with Crippen LogP contribution in [0.2, 0.25) is 0 Å². The van der Waals surface area contributed by atoms with Crippen molar-refractivity contribution in [1.82, 2.24) is 9.80 Å². The Hall–Kier alpha value is -2.58. The van der Waals surface area contributed by atoms with Crippen molar-refractivity contribution in [3.8, 4) is 0 Å². The van der Waals surface area contributed by atoms with Crippen LogP contribution < -0.4 is 4.90 Å². The summed E-state index contributed by atoms with van der Waals surface area (Å²) in [5.41, 5.74) is 2.76. The predicted molar refractivity (Wildman–Crippen MR) is 153 cm³/mol. The van der Waals surface area contributed by atoms with E-state index in [1.165, 1.54) is 0 Å². The molecule has 3 aliphatic rings. The quantitative estimate of drug-likeness (QED) is 0.460. The Morgan fingerprint density at radius 3 is 2.39 bits per heavy atom. The first-order chi connectivity index (χ1) is 18.1. The van der Waals surface area contributed by atoms with Gasteiger partial charge in [0.25, 0.3) is 5.91 Å². The predicted octanol–water partition coefficient (Wildman–Crippen LogP) is 3.57. The molecular weight excluding hydrogens is 498 g/mol. The van der Waals surface area contributed by atoms with E-state index in [1.54, 1.807) is 45.7 Å². The molecule has 1 spiro atoms. The molecule has 7 atom stereocenters. The standard InChI is InChI=1S/C30H41N3O4S/c1-8-14-31(7)27(35)23-22-16-20(6)30(38-22)24(23)28(36)33(21(10-3)17-34)26(30)29(37)32(15-9-2)25-18(4)12-11-13-19(25)5/h8-9,11-13,20-24,26,34H,1-2,10,14-17H2,3-7H3/t20?,21-,22+,23-,24-,26?,30?/m0/s1. The molecule has 3 unspecified atom stereocenters. The van der Waals surface area contributed by atoms with Gasteiger partial charge in [0.05, 0.1) is 29.2 Å². The van der Waals surface area contributed by atoms with E-state index in [0.717, 1.165) is 23.2 Å². The van der Waals surface area contributed by atoms with Crippen LogP contribution in [-0.4, -0.2) is 81.5 Å². The fourth-order valence-electron chi connectivity index (χ4n) is 7.17. The Kier molecular flexibility index (Phi) is 8.15. The summed E-state index contributed by atoms with van der Waals surface area (Å²) in [7, 11) is 1.74. The number of carbonyl (C=O) groups is 3. The molecule has 2 bridgehead atoms. The first kappa shape index (κ1) is 28.4. The number of para-hydroxylation sites is 1. The van der Waals surface area contributed by atoms with Crippen LogP contribution in [0, 0.1) is 31.6 Å². The summed E-state index contributed by atoms with van der Waals surface area (Å²) >= 11 is 1.66. The van der Waals surface area contributed by atoms with Crippen molar-refractivity contribution in [2.75, 3.05) is 31.6 Å². The first-order valence-corrected chi connectivity index (χ1v) is 14.4. The van der Waals surface area contributed by atoms with Gasteiger partial charge in [0.1, 0.15) is 6.04 Å². The number of aliphatic hydroxyl groups is 1. The number of aryl methyl sites for hydroxylation is 2. The zero-order valence-corrected chi connectivity index (χ0v) is 24.0.